The third kappa shape index (κ3) is 6.88. The van der Waals surface area contributed by atoms with Crippen molar-refractivity contribution >= 4 is 18.1 Å². The molecule has 0 heterocycles. The lowest BCUT2D eigenvalue weighted by Crippen LogP contribution is -2.28. The van der Waals surface area contributed by atoms with Gasteiger partial charge in [-0.05, 0) is 67.6 Å². The van der Waals surface area contributed by atoms with Crippen molar-refractivity contribution in [2.45, 2.75) is 46.3 Å². The summed E-state index contributed by atoms with van der Waals surface area (Å²) in [5.74, 6) is 0.426. The van der Waals surface area contributed by atoms with Gasteiger partial charge in [-0.25, -0.2) is 4.79 Å². The number of esters is 1. The van der Waals surface area contributed by atoms with Crippen LogP contribution in [0.5, 0.6) is 5.75 Å². The lowest BCUT2D eigenvalue weighted by Gasteiger charge is -2.22. The van der Waals surface area contributed by atoms with Gasteiger partial charge in [-0.3, -0.25) is 0 Å². The summed E-state index contributed by atoms with van der Waals surface area (Å²) in [7, 11) is 0. The molecule has 0 N–H and O–H groups in total. The second-order valence-electron chi connectivity index (χ2n) is 9.24. The number of ether oxygens (including phenoxy) is 4. The standard InChI is InChI=1S/C32H36O5/c1-5-34-30(32(33)35-6-2)21-24-9-15-27(16-10-24)36-17-18-37-31-28-19-22(3)7-11-25(28)13-14-26-12-8-23(4)20-29(26)31/h7-16,19-20,30-31H,5-6,17-18,21H2,1-4H3. The van der Waals surface area contributed by atoms with Gasteiger partial charge in [-0.15, -0.1) is 0 Å². The van der Waals surface area contributed by atoms with Crippen LogP contribution >= 0.6 is 0 Å². The monoisotopic (exact) mass is 500 g/mol. The smallest absolute Gasteiger partial charge is 0.335 e. The lowest BCUT2D eigenvalue weighted by molar-refractivity contribution is -0.156. The zero-order valence-corrected chi connectivity index (χ0v) is 22.2. The topological polar surface area (TPSA) is 54.0 Å². The fraction of sp³-hybridized carbons (Fsp3) is 0.344. The zero-order valence-electron chi connectivity index (χ0n) is 22.2. The van der Waals surface area contributed by atoms with Crippen LogP contribution in [0.4, 0.5) is 0 Å². The number of hydrogen-bond donors (Lipinski definition) is 0. The molecule has 0 spiro atoms. The van der Waals surface area contributed by atoms with E-state index in [0.29, 0.717) is 32.8 Å². The summed E-state index contributed by atoms with van der Waals surface area (Å²) in [6.07, 6.45) is 4.04. The molecule has 37 heavy (non-hydrogen) atoms. The Morgan fingerprint density at radius 2 is 1.43 bits per heavy atom. The van der Waals surface area contributed by atoms with Crippen LogP contribution in [-0.2, 0) is 25.4 Å². The third-order valence-electron chi connectivity index (χ3n) is 6.39. The van der Waals surface area contributed by atoms with E-state index in [0.717, 1.165) is 11.3 Å². The average Bonchev–Trinajstić information content (AvgIpc) is 3.03. The van der Waals surface area contributed by atoms with Gasteiger partial charge in [0.05, 0.1) is 13.2 Å². The maximum absolute atomic E-state index is 12.1. The first kappa shape index (κ1) is 26.6. The van der Waals surface area contributed by atoms with Gasteiger partial charge < -0.3 is 18.9 Å². The Hall–Kier alpha value is -3.41. The van der Waals surface area contributed by atoms with Gasteiger partial charge in [0, 0.05) is 13.0 Å². The fourth-order valence-electron chi connectivity index (χ4n) is 4.58. The van der Waals surface area contributed by atoms with Gasteiger partial charge in [0.2, 0.25) is 0 Å². The highest BCUT2D eigenvalue weighted by Crippen LogP contribution is 2.36. The molecule has 3 aromatic carbocycles. The van der Waals surface area contributed by atoms with Crippen molar-refractivity contribution in [1.82, 2.24) is 0 Å². The highest BCUT2D eigenvalue weighted by molar-refractivity contribution is 5.76. The molecule has 3 aromatic rings. The Balaban J connectivity index is 1.38. The van der Waals surface area contributed by atoms with Crippen molar-refractivity contribution in [2.24, 2.45) is 0 Å². The minimum atomic E-state index is -0.600. The molecular weight excluding hydrogens is 464 g/mol. The summed E-state index contributed by atoms with van der Waals surface area (Å²) in [6, 6.07) is 20.8. The minimum absolute atomic E-state index is 0.163. The molecule has 5 nitrogen and oxygen atoms in total. The van der Waals surface area contributed by atoms with Crippen molar-refractivity contribution in [2.75, 3.05) is 26.4 Å². The number of carbonyl (C=O) groups excluding carboxylic acids is 1. The highest BCUT2D eigenvalue weighted by Gasteiger charge is 2.23. The van der Waals surface area contributed by atoms with E-state index in [1.807, 2.05) is 31.2 Å². The lowest BCUT2D eigenvalue weighted by atomic mass is 9.94. The van der Waals surface area contributed by atoms with Crippen LogP contribution in [0, 0.1) is 13.8 Å². The molecule has 1 aliphatic carbocycles. The van der Waals surface area contributed by atoms with Crippen molar-refractivity contribution in [3.8, 4) is 5.75 Å². The first-order valence-electron chi connectivity index (χ1n) is 13.0. The molecule has 0 bridgehead atoms. The quantitative estimate of drug-likeness (QED) is 0.223. The molecule has 5 heteroatoms. The van der Waals surface area contributed by atoms with Crippen LogP contribution in [0.25, 0.3) is 12.2 Å². The van der Waals surface area contributed by atoms with Crippen LogP contribution in [0.3, 0.4) is 0 Å². The van der Waals surface area contributed by atoms with E-state index < -0.39 is 6.10 Å². The molecule has 0 saturated carbocycles. The van der Waals surface area contributed by atoms with Crippen molar-refractivity contribution in [1.29, 1.82) is 0 Å². The van der Waals surface area contributed by atoms with Crippen molar-refractivity contribution < 1.29 is 23.7 Å². The molecule has 4 rings (SSSR count). The number of fused-ring (bicyclic) bond motifs is 2. The summed E-state index contributed by atoms with van der Waals surface area (Å²) in [5, 5.41) is 0. The minimum Gasteiger partial charge on any atom is -0.491 e. The first-order chi connectivity index (χ1) is 18.0. The average molecular weight is 501 g/mol. The van der Waals surface area contributed by atoms with E-state index in [2.05, 4.69) is 62.4 Å². The first-order valence-corrected chi connectivity index (χ1v) is 13.0. The Morgan fingerprint density at radius 1 is 0.811 bits per heavy atom. The molecular formula is C32H36O5. The van der Waals surface area contributed by atoms with Gasteiger partial charge in [0.25, 0.3) is 0 Å². The summed E-state index contributed by atoms with van der Waals surface area (Å²) in [4.78, 5) is 12.1. The normalized spacial score (nSPS) is 13.4. The highest BCUT2D eigenvalue weighted by atomic mass is 16.6. The second-order valence-corrected chi connectivity index (χ2v) is 9.24. The number of carbonyl (C=O) groups is 1. The van der Waals surface area contributed by atoms with Crippen LogP contribution in [0.1, 0.15) is 58.9 Å². The van der Waals surface area contributed by atoms with Crippen LogP contribution in [-0.4, -0.2) is 38.5 Å². The van der Waals surface area contributed by atoms with Crippen LogP contribution in [0.15, 0.2) is 60.7 Å². The van der Waals surface area contributed by atoms with Crippen LogP contribution in [0.2, 0.25) is 0 Å². The summed E-state index contributed by atoms with van der Waals surface area (Å²) >= 11 is 0. The molecule has 0 aromatic heterocycles. The Bertz CT molecular complexity index is 1170. The SMILES string of the molecule is CCOC(=O)C(Cc1ccc(OCCOC2c3cc(C)ccc3C=Cc3ccc(C)cc32)cc1)OCC. The summed E-state index contributed by atoms with van der Waals surface area (Å²) in [5.41, 5.74) is 8.11. The molecule has 0 amide bonds. The number of rotatable bonds is 11. The zero-order chi connectivity index (χ0) is 26.2. The van der Waals surface area contributed by atoms with E-state index in [4.69, 9.17) is 18.9 Å². The van der Waals surface area contributed by atoms with Gasteiger partial charge in [0.1, 0.15) is 18.5 Å². The van der Waals surface area contributed by atoms with Crippen molar-refractivity contribution in [3.05, 3.63) is 99.6 Å². The van der Waals surface area contributed by atoms with Gasteiger partial charge in [-0.1, -0.05) is 71.8 Å². The Kier molecular flexibility index (Phi) is 9.15. The molecule has 0 radical (unpaired) electrons. The molecule has 1 atom stereocenters. The molecule has 0 fully saturated rings. The van der Waals surface area contributed by atoms with Gasteiger partial charge >= 0.3 is 5.97 Å². The molecule has 0 aliphatic heterocycles. The maximum atomic E-state index is 12.1. The van der Waals surface area contributed by atoms with E-state index in [1.54, 1.807) is 6.92 Å². The largest absolute Gasteiger partial charge is 0.491 e. The number of aryl methyl sites for hydroxylation is 2. The third-order valence-corrected chi connectivity index (χ3v) is 6.39. The number of benzene rings is 3. The van der Waals surface area contributed by atoms with Gasteiger partial charge in [0.15, 0.2) is 6.10 Å². The Labute approximate surface area is 220 Å². The van der Waals surface area contributed by atoms with E-state index in [-0.39, 0.29) is 12.1 Å². The Morgan fingerprint density at radius 3 is 2.00 bits per heavy atom. The number of hydrogen-bond acceptors (Lipinski definition) is 5. The van der Waals surface area contributed by atoms with Crippen molar-refractivity contribution in [3.63, 3.8) is 0 Å². The summed E-state index contributed by atoms with van der Waals surface area (Å²) < 4.78 is 23.1. The molecule has 1 unspecified atom stereocenters. The fourth-order valence-corrected chi connectivity index (χ4v) is 4.58. The molecule has 194 valence electrons. The predicted octanol–water partition coefficient (Wildman–Crippen LogP) is 6.48. The van der Waals surface area contributed by atoms with E-state index in [1.165, 1.54) is 33.4 Å². The maximum Gasteiger partial charge on any atom is 0.335 e. The second kappa shape index (κ2) is 12.7. The van der Waals surface area contributed by atoms with E-state index >= 15 is 0 Å². The predicted molar refractivity (Wildman–Crippen MR) is 147 cm³/mol. The van der Waals surface area contributed by atoms with E-state index in [9.17, 15) is 4.79 Å². The molecule has 1 aliphatic rings. The van der Waals surface area contributed by atoms with Crippen LogP contribution < -0.4 is 4.74 Å². The summed E-state index contributed by atoms with van der Waals surface area (Å²) in [6.45, 7) is 9.55. The van der Waals surface area contributed by atoms with Gasteiger partial charge in [-0.2, -0.15) is 0 Å². The molecule has 0 saturated heterocycles.